The van der Waals surface area contributed by atoms with E-state index in [0.717, 1.165) is 15.9 Å². The number of nitrogens with zero attached hydrogens (tertiary/aromatic N) is 1. The van der Waals surface area contributed by atoms with Crippen molar-refractivity contribution in [3.8, 4) is 0 Å². The topological polar surface area (TPSA) is 14.1 Å². The predicted molar refractivity (Wildman–Crippen MR) is 89.5 cm³/mol. The summed E-state index contributed by atoms with van der Waals surface area (Å²) in [5, 5.41) is 4.51. The van der Waals surface area contributed by atoms with Crippen molar-refractivity contribution >= 4 is 9.52 Å². The van der Waals surface area contributed by atoms with Crippen molar-refractivity contribution in [3.63, 3.8) is 0 Å². The molecule has 0 amide bonds. The van der Waals surface area contributed by atoms with Gasteiger partial charge in [0.1, 0.15) is 0 Å². The van der Waals surface area contributed by atoms with Crippen molar-refractivity contribution in [2.24, 2.45) is 0 Å². The minimum atomic E-state index is 0. The standard InChI is InChI=1S/C9H14N.C2H7Si.4CH3.2ClH.Hf/c1-9(2,3)10-8-6-4-5-7-8;1-3-2;;;;;;;/h4-6H,7H2,1-3H3;3H,1-2H3;4*1H3;2*1H;/q-1;;4*-1;;;/p-2. The van der Waals surface area contributed by atoms with Crippen LogP contribution in [-0.4, -0.2) is 15.1 Å². The first-order valence-electron chi connectivity index (χ1n) is 4.82. The molecule has 0 fully saturated rings. The average Bonchev–Trinajstić information content (AvgIpc) is 2.37. The molecule has 0 atom stereocenters. The fourth-order valence-corrected chi connectivity index (χ4v) is 0.950. The van der Waals surface area contributed by atoms with Crippen LogP contribution in [0.2, 0.25) is 13.1 Å². The predicted octanol–water partition coefficient (Wildman–Crippen LogP) is -0.672. The molecule has 127 valence electrons. The van der Waals surface area contributed by atoms with Crippen LogP contribution < -0.4 is 24.8 Å². The van der Waals surface area contributed by atoms with Crippen LogP contribution in [0.1, 0.15) is 27.2 Å². The smallest absolute Gasteiger partial charge is 0.0213 e. The molecule has 0 aliphatic heterocycles. The molecule has 5 heteroatoms. The summed E-state index contributed by atoms with van der Waals surface area (Å²) in [6.45, 7) is 10.8. The Balaban J connectivity index is -0.0000000224. The van der Waals surface area contributed by atoms with Gasteiger partial charge in [0.05, 0.1) is 0 Å². The van der Waals surface area contributed by atoms with Crippen LogP contribution in [0.25, 0.3) is 5.32 Å². The number of halogens is 2. The molecule has 1 nitrogen and oxygen atoms in total. The van der Waals surface area contributed by atoms with E-state index in [4.69, 9.17) is 0 Å². The Morgan fingerprint density at radius 3 is 1.55 bits per heavy atom. The quantitative estimate of drug-likeness (QED) is 0.332. The van der Waals surface area contributed by atoms with Crippen molar-refractivity contribution in [2.45, 2.75) is 45.8 Å². The zero-order valence-corrected chi connectivity index (χ0v) is 21.0. The normalized spacial score (nSPS) is 9.55. The monoisotopic (exact) mass is 505 g/mol. The summed E-state index contributed by atoms with van der Waals surface area (Å²) < 4.78 is 0. The zero-order valence-electron chi connectivity index (χ0n) is 14.7. The van der Waals surface area contributed by atoms with E-state index in [-0.39, 0.29) is 85.9 Å². The van der Waals surface area contributed by atoms with Gasteiger partial charge in [0.15, 0.2) is 0 Å². The van der Waals surface area contributed by atoms with Crippen LogP contribution in [0.3, 0.4) is 0 Å². The molecule has 0 bridgehead atoms. The van der Waals surface area contributed by atoms with E-state index in [1.54, 1.807) is 0 Å². The van der Waals surface area contributed by atoms with E-state index >= 15 is 0 Å². The molecule has 0 aromatic rings. The van der Waals surface area contributed by atoms with Gasteiger partial charge in [0.2, 0.25) is 0 Å². The van der Waals surface area contributed by atoms with Crippen LogP contribution in [0, 0.1) is 29.7 Å². The molecule has 1 radical (unpaired) electrons. The molecule has 0 N–H and O–H groups in total. The van der Waals surface area contributed by atoms with Crippen LogP contribution in [0.4, 0.5) is 0 Å². The second-order valence-corrected chi connectivity index (χ2v) is 5.30. The summed E-state index contributed by atoms with van der Waals surface area (Å²) in [7, 11) is 0.750. The van der Waals surface area contributed by atoms with Crippen LogP contribution in [-0.2, 0) is 25.8 Å². The second-order valence-electron chi connectivity index (χ2n) is 4.15. The Labute approximate surface area is 164 Å². The van der Waals surface area contributed by atoms with Crippen molar-refractivity contribution in [2.75, 3.05) is 0 Å². The maximum atomic E-state index is 4.51. The van der Waals surface area contributed by atoms with Gasteiger partial charge >= 0.3 is 0 Å². The first kappa shape index (κ1) is 49.7. The largest absolute Gasteiger partial charge is 1.00 e. The third kappa shape index (κ3) is 36.4. The Morgan fingerprint density at radius 2 is 1.35 bits per heavy atom. The van der Waals surface area contributed by atoms with Gasteiger partial charge in [-0.15, -0.1) is 5.54 Å². The molecule has 1 rings (SSSR count). The third-order valence-corrected chi connectivity index (χ3v) is 1.23. The summed E-state index contributed by atoms with van der Waals surface area (Å²) in [6.07, 6.45) is 7.28. The van der Waals surface area contributed by atoms with Gasteiger partial charge in [-0.1, -0.05) is 52.1 Å². The summed E-state index contributed by atoms with van der Waals surface area (Å²) in [5.74, 6) is 0. The van der Waals surface area contributed by atoms with Gasteiger partial charge in [0, 0.05) is 35.4 Å². The maximum absolute atomic E-state index is 4.51. The van der Waals surface area contributed by atoms with Crippen LogP contribution in [0.5, 0.6) is 0 Å². The minimum Gasteiger partial charge on any atom is -1.00 e. The third-order valence-electron chi connectivity index (χ3n) is 1.23. The van der Waals surface area contributed by atoms with E-state index in [9.17, 15) is 0 Å². The number of rotatable bonds is 1. The molecule has 20 heavy (non-hydrogen) atoms. The molecule has 0 aromatic carbocycles. The van der Waals surface area contributed by atoms with E-state index in [0.29, 0.717) is 0 Å². The van der Waals surface area contributed by atoms with Gasteiger partial charge in [-0.25, -0.2) is 0 Å². The summed E-state index contributed by atoms with van der Waals surface area (Å²) in [6, 6.07) is 0. The van der Waals surface area contributed by atoms with Crippen LogP contribution in [0.15, 0.2) is 23.9 Å². The molecule has 0 saturated carbocycles. The van der Waals surface area contributed by atoms with E-state index < -0.39 is 0 Å². The molecule has 0 saturated heterocycles. The van der Waals surface area contributed by atoms with Crippen molar-refractivity contribution in [3.05, 3.63) is 58.9 Å². The van der Waals surface area contributed by atoms with Crippen molar-refractivity contribution < 1.29 is 50.7 Å². The first-order chi connectivity index (χ1) is 5.99. The molecule has 0 unspecified atom stereocenters. The van der Waals surface area contributed by atoms with E-state index in [2.05, 4.69) is 57.4 Å². The Bertz CT molecular complexity index is 203. The SMILES string of the molecule is CC(C)(C)[N-]C1=CC=CC1.C[SiH]C.[CH3-].[CH3-].[CH3-].[CH3-].[Cl-].[Cl-].[Hf]. The molecule has 0 spiro atoms. The van der Waals surface area contributed by atoms with E-state index in [1.165, 1.54) is 5.70 Å². The molecule has 0 heterocycles. The van der Waals surface area contributed by atoms with Gasteiger partial charge in [-0.2, -0.15) is 5.70 Å². The fraction of sp³-hybridized carbons (Fsp3) is 0.467. The maximum Gasteiger partial charge on any atom is 0.0213 e. The Hall–Kier alpha value is 0.947. The number of hydrogen-bond acceptors (Lipinski definition) is 0. The van der Waals surface area contributed by atoms with Crippen LogP contribution >= 0.6 is 0 Å². The summed E-state index contributed by atoms with van der Waals surface area (Å²) >= 11 is 0. The molecule has 1 aliphatic rings. The summed E-state index contributed by atoms with van der Waals surface area (Å²) in [4.78, 5) is 0. The molecule has 0 aromatic heterocycles. The average molecular weight is 505 g/mol. The Kier molecular flexibility index (Phi) is 70.0. The van der Waals surface area contributed by atoms with Gasteiger partial charge in [-0.3, -0.25) is 0 Å². The Morgan fingerprint density at radius 1 is 1.00 bits per heavy atom. The summed E-state index contributed by atoms with van der Waals surface area (Å²) in [5.41, 5.74) is 1.28. The minimum absolute atomic E-state index is 0. The molecule has 1 aliphatic carbocycles. The van der Waals surface area contributed by atoms with Gasteiger partial charge in [0.25, 0.3) is 0 Å². The zero-order chi connectivity index (χ0) is 10.3. The van der Waals surface area contributed by atoms with Crippen molar-refractivity contribution in [1.82, 2.24) is 0 Å². The molecular formula is C15H33Cl2HfNSi-7. The number of allylic oxidation sites excluding steroid dienone is 3. The first-order valence-corrected chi connectivity index (χ1v) is 7.13. The van der Waals surface area contributed by atoms with Gasteiger partial charge < -0.3 is 59.8 Å². The second kappa shape index (κ2) is 28.2. The number of hydrogen-bond donors (Lipinski definition) is 0. The fourth-order valence-electron chi connectivity index (χ4n) is 0.950. The van der Waals surface area contributed by atoms with Gasteiger partial charge in [-0.05, 0) is 6.42 Å². The molecular weight excluding hydrogens is 472 g/mol. The van der Waals surface area contributed by atoms with Crippen molar-refractivity contribution in [1.29, 1.82) is 0 Å². The van der Waals surface area contributed by atoms with E-state index in [1.807, 2.05) is 0 Å².